The molecule has 0 atom stereocenters. The summed E-state index contributed by atoms with van der Waals surface area (Å²) in [5.74, 6) is 0.941. The standard InChI is InChI=1S/C13H19N5O2/c1-7(2)9-6-10(17-16-9)11-14-12(18-20-11)13(4,5)15-8(3)19/h6-7H,1-5H3,(H,15,19)(H,16,17). The Balaban J connectivity index is 2.26. The van der Waals surface area contributed by atoms with Crippen LogP contribution in [0.4, 0.5) is 0 Å². The molecule has 2 heterocycles. The van der Waals surface area contributed by atoms with Crippen molar-refractivity contribution in [2.24, 2.45) is 0 Å². The van der Waals surface area contributed by atoms with Crippen LogP contribution in [-0.4, -0.2) is 26.2 Å². The number of carbonyl (C=O) groups excluding carboxylic acids is 1. The number of rotatable bonds is 4. The van der Waals surface area contributed by atoms with Gasteiger partial charge in [0.2, 0.25) is 5.91 Å². The van der Waals surface area contributed by atoms with Gasteiger partial charge in [-0.05, 0) is 25.8 Å². The highest BCUT2D eigenvalue weighted by Gasteiger charge is 2.28. The molecule has 2 rings (SSSR count). The topological polar surface area (TPSA) is 96.7 Å². The monoisotopic (exact) mass is 277 g/mol. The maximum Gasteiger partial charge on any atom is 0.278 e. The molecule has 0 aliphatic carbocycles. The van der Waals surface area contributed by atoms with Crippen molar-refractivity contribution in [3.05, 3.63) is 17.6 Å². The Kier molecular flexibility index (Phi) is 3.61. The van der Waals surface area contributed by atoms with Crippen LogP contribution in [0.25, 0.3) is 11.6 Å². The molecule has 7 heteroatoms. The molecule has 7 nitrogen and oxygen atoms in total. The highest BCUT2D eigenvalue weighted by molar-refractivity contribution is 5.73. The van der Waals surface area contributed by atoms with Crippen molar-refractivity contribution < 1.29 is 9.32 Å². The number of carbonyl (C=O) groups is 1. The van der Waals surface area contributed by atoms with Gasteiger partial charge in [0.25, 0.3) is 5.89 Å². The molecule has 0 spiro atoms. The first-order valence-electron chi connectivity index (χ1n) is 6.48. The van der Waals surface area contributed by atoms with E-state index in [1.165, 1.54) is 6.92 Å². The molecule has 0 aliphatic rings. The summed E-state index contributed by atoms with van der Waals surface area (Å²) in [6.07, 6.45) is 0. The number of aromatic amines is 1. The van der Waals surface area contributed by atoms with E-state index in [-0.39, 0.29) is 5.91 Å². The lowest BCUT2D eigenvalue weighted by atomic mass is 10.1. The molecular weight excluding hydrogens is 258 g/mol. The van der Waals surface area contributed by atoms with E-state index in [0.717, 1.165) is 5.69 Å². The molecule has 0 fully saturated rings. The van der Waals surface area contributed by atoms with Crippen LogP contribution in [0.15, 0.2) is 10.6 Å². The van der Waals surface area contributed by atoms with Crippen molar-refractivity contribution >= 4 is 5.91 Å². The molecule has 0 radical (unpaired) electrons. The lowest BCUT2D eigenvalue weighted by molar-refractivity contribution is -0.120. The smallest absolute Gasteiger partial charge is 0.278 e. The fourth-order valence-electron chi connectivity index (χ4n) is 1.82. The quantitative estimate of drug-likeness (QED) is 0.890. The van der Waals surface area contributed by atoms with Crippen LogP contribution < -0.4 is 5.32 Å². The van der Waals surface area contributed by atoms with E-state index in [0.29, 0.717) is 23.3 Å². The Morgan fingerprint density at radius 3 is 2.70 bits per heavy atom. The van der Waals surface area contributed by atoms with Gasteiger partial charge in [0.05, 0.1) is 5.54 Å². The van der Waals surface area contributed by atoms with Gasteiger partial charge >= 0.3 is 0 Å². The van der Waals surface area contributed by atoms with Gasteiger partial charge in [-0.25, -0.2) is 0 Å². The van der Waals surface area contributed by atoms with Crippen molar-refractivity contribution in [2.45, 2.75) is 46.1 Å². The van der Waals surface area contributed by atoms with E-state index in [2.05, 4.69) is 39.5 Å². The van der Waals surface area contributed by atoms with Crippen LogP contribution in [0, 0.1) is 0 Å². The molecule has 0 unspecified atom stereocenters. The fraction of sp³-hybridized carbons (Fsp3) is 0.538. The van der Waals surface area contributed by atoms with Gasteiger partial charge in [-0.3, -0.25) is 9.89 Å². The van der Waals surface area contributed by atoms with E-state index >= 15 is 0 Å². The van der Waals surface area contributed by atoms with Gasteiger partial charge in [-0.1, -0.05) is 19.0 Å². The minimum absolute atomic E-state index is 0.150. The Morgan fingerprint density at radius 1 is 1.45 bits per heavy atom. The molecule has 2 aromatic rings. The lowest BCUT2D eigenvalue weighted by Crippen LogP contribution is -2.40. The SMILES string of the molecule is CC(=O)NC(C)(C)c1noc(-c2cc(C(C)C)[nH]n2)n1. The fourth-order valence-corrected chi connectivity index (χ4v) is 1.82. The number of hydrogen-bond acceptors (Lipinski definition) is 5. The van der Waals surface area contributed by atoms with Gasteiger partial charge < -0.3 is 9.84 Å². The number of nitrogens with zero attached hydrogens (tertiary/aromatic N) is 3. The molecule has 108 valence electrons. The summed E-state index contributed by atoms with van der Waals surface area (Å²) < 4.78 is 5.22. The third-order valence-corrected chi connectivity index (χ3v) is 2.91. The van der Waals surface area contributed by atoms with E-state index < -0.39 is 5.54 Å². The molecule has 0 saturated heterocycles. The van der Waals surface area contributed by atoms with Crippen LogP contribution in [0.1, 0.15) is 52.1 Å². The number of amides is 1. The summed E-state index contributed by atoms with van der Waals surface area (Å²) in [7, 11) is 0. The molecule has 0 saturated carbocycles. The van der Waals surface area contributed by atoms with Gasteiger partial charge in [-0.2, -0.15) is 10.1 Å². The molecule has 20 heavy (non-hydrogen) atoms. The largest absolute Gasteiger partial charge is 0.344 e. The summed E-state index contributed by atoms with van der Waals surface area (Å²) in [6, 6.07) is 1.88. The second-order valence-electron chi connectivity index (χ2n) is 5.59. The Hall–Kier alpha value is -2.18. The molecule has 2 N–H and O–H groups in total. The molecule has 1 amide bonds. The predicted molar refractivity (Wildman–Crippen MR) is 72.8 cm³/mol. The molecular formula is C13H19N5O2. The zero-order chi connectivity index (χ0) is 14.9. The summed E-state index contributed by atoms with van der Waals surface area (Å²) in [4.78, 5) is 15.5. The third kappa shape index (κ3) is 2.87. The zero-order valence-electron chi connectivity index (χ0n) is 12.3. The Bertz CT molecular complexity index is 612. The van der Waals surface area contributed by atoms with Crippen molar-refractivity contribution in [3.8, 4) is 11.6 Å². The van der Waals surface area contributed by atoms with E-state index in [4.69, 9.17) is 4.52 Å². The normalized spacial score (nSPS) is 11.9. The maximum atomic E-state index is 11.2. The molecule has 0 bridgehead atoms. The van der Waals surface area contributed by atoms with Crippen molar-refractivity contribution in [1.29, 1.82) is 0 Å². The Morgan fingerprint density at radius 2 is 2.15 bits per heavy atom. The first kappa shape index (κ1) is 14.2. The highest BCUT2D eigenvalue weighted by Crippen LogP contribution is 2.23. The van der Waals surface area contributed by atoms with Gasteiger partial charge in [-0.15, -0.1) is 0 Å². The number of hydrogen-bond donors (Lipinski definition) is 2. The van der Waals surface area contributed by atoms with E-state index in [1.54, 1.807) is 0 Å². The summed E-state index contributed by atoms with van der Waals surface area (Å²) in [6.45, 7) is 9.21. The first-order valence-corrected chi connectivity index (χ1v) is 6.48. The summed E-state index contributed by atoms with van der Waals surface area (Å²) in [5.41, 5.74) is 0.914. The lowest BCUT2D eigenvalue weighted by Gasteiger charge is -2.20. The molecule has 0 aromatic carbocycles. The van der Waals surface area contributed by atoms with Crippen LogP contribution in [0.5, 0.6) is 0 Å². The van der Waals surface area contributed by atoms with Crippen molar-refractivity contribution in [2.75, 3.05) is 0 Å². The van der Waals surface area contributed by atoms with Crippen molar-refractivity contribution in [3.63, 3.8) is 0 Å². The minimum atomic E-state index is -0.690. The van der Waals surface area contributed by atoms with Gasteiger partial charge in [0, 0.05) is 12.6 Å². The minimum Gasteiger partial charge on any atom is -0.344 e. The van der Waals surface area contributed by atoms with Gasteiger partial charge in [0.1, 0.15) is 0 Å². The summed E-state index contributed by atoms with van der Waals surface area (Å²) >= 11 is 0. The molecule has 0 aliphatic heterocycles. The number of H-pyrrole nitrogens is 1. The van der Waals surface area contributed by atoms with Crippen LogP contribution >= 0.6 is 0 Å². The van der Waals surface area contributed by atoms with Crippen molar-refractivity contribution in [1.82, 2.24) is 25.7 Å². The average molecular weight is 277 g/mol. The highest BCUT2D eigenvalue weighted by atomic mass is 16.5. The van der Waals surface area contributed by atoms with Gasteiger partial charge in [0.15, 0.2) is 11.5 Å². The van der Waals surface area contributed by atoms with Crippen LogP contribution in [0.3, 0.4) is 0 Å². The third-order valence-electron chi connectivity index (χ3n) is 2.91. The van der Waals surface area contributed by atoms with Crippen LogP contribution in [-0.2, 0) is 10.3 Å². The summed E-state index contributed by atoms with van der Waals surface area (Å²) in [5, 5.41) is 13.8. The zero-order valence-corrected chi connectivity index (χ0v) is 12.3. The maximum absolute atomic E-state index is 11.2. The van der Waals surface area contributed by atoms with E-state index in [1.807, 2.05) is 19.9 Å². The number of aromatic nitrogens is 4. The second kappa shape index (κ2) is 5.07. The number of nitrogens with one attached hydrogen (secondary N) is 2. The first-order chi connectivity index (χ1) is 9.29. The average Bonchev–Trinajstić information content (AvgIpc) is 2.96. The van der Waals surface area contributed by atoms with E-state index in [9.17, 15) is 4.79 Å². The van der Waals surface area contributed by atoms with Crippen LogP contribution in [0.2, 0.25) is 0 Å². The molecule has 2 aromatic heterocycles. The predicted octanol–water partition coefficient (Wildman–Crippen LogP) is 1.95. The second-order valence-corrected chi connectivity index (χ2v) is 5.59. The Labute approximate surface area is 117 Å².